The summed E-state index contributed by atoms with van der Waals surface area (Å²) in [6.45, 7) is -0.101. The lowest BCUT2D eigenvalue weighted by atomic mass is 10.1. The first-order valence-corrected chi connectivity index (χ1v) is 6.45. The smallest absolute Gasteiger partial charge is 0.319 e. The maximum absolute atomic E-state index is 11.7. The Morgan fingerprint density at radius 1 is 1.19 bits per heavy atom. The van der Waals surface area contributed by atoms with Crippen molar-refractivity contribution in [2.45, 2.75) is 12.8 Å². The van der Waals surface area contributed by atoms with Crippen LogP contribution in [0.5, 0.6) is 0 Å². The number of carbonyl (C=O) groups excluding carboxylic acids is 2. The highest BCUT2D eigenvalue weighted by Crippen LogP contribution is 2.16. The van der Waals surface area contributed by atoms with Crippen LogP contribution in [0.3, 0.4) is 0 Å². The minimum absolute atomic E-state index is 0.0145. The molecule has 0 radical (unpaired) electrons. The molecule has 0 atom stereocenters. The Bertz CT molecular complexity index is 529. The molecule has 3 N–H and O–H groups in total. The molecule has 0 aliphatic heterocycles. The number of carboxylic acids is 1. The van der Waals surface area contributed by atoms with E-state index in [0.29, 0.717) is 12.1 Å². The van der Waals surface area contributed by atoms with Gasteiger partial charge in [0.1, 0.15) is 0 Å². The van der Waals surface area contributed by atoms with E-state index >= 15 is 0 Å². The molecule has 0 unspecified atom stereocenters. The quantitative estimate of drug-likeness (QED) is 0.726. The van der Waals surface area contributed by atoms with E-state index in [0.717, 1.165) is 5.56 Å². The van der Waals surface area contributed by atoms with Crippen molar-refractivity contribution in [3.8, 4) is 0 Å². The van der Waals surface area contributed by atoms with E-state index in [4.69, 9.17) is 5.11 Å². The molecule has 21 heavy (non-hydrogen) atoms. The number of benzene rings is 1. The van der Waals surface area contributed by atoms with Gasteiger partial charge in [-0.05, 0) is 18.1 Å². The van der Waals surface area contributed by atoms with Crippen molar-refractivity contribution >= 4 is 23.6 Å². The average Bonchev–Trinajstić information content (AvgIpc) is 2.43. The van der Waals surface area contributed by atoms with Crippen molar-refractivity contribution in [1.29, 1.82) is 0 Å². The third-order valence-electron chi connectivity index (χ3n) is 2.77. The van der Waals surface area contributed by atoms with Crippen LogP contribution < -0.4 is 10.6 Å². The lowest BCUT2D eigenvalue weighted by Gasteiger charge is -2.13. The van der Waals surface area contributed by atoms with Gasteiger partial charge in [-0.1, -0.05) is 18.2 Å². The third-order valence-corrected chi connectivity index (χ3v) is 2.77. The summed E-state index contributed by atoms with van der Waals surface area (Å²) in [6.07, 6.45) is 0.307. The molecule has 0 saturated carbocycles. The number of aliphatic carboxylic acids is 1. The summed E-state index contributed by atoms with van der Waals surface area (Å²) in [5, 5.41) is 13.8. The zero-order chi connectivity index (χ0) is 15.8. The monoisotopic (exact) mass is 293 g/mol. The number of carboxylic acid groups (broad SMARTS) is 1. The van der Waals surface area contributed by atoms with Crippen LogP contribution in [0.1, 0.15) is 12.0 Å². The standard InChI is InChI=1S/C14H19N3O4/c1-17(2)12(18)9-15-14(21)16-11-6-4-3-5-10(11)7-8-13(19)20/h3-6H,7-9H2,1-2H3,(H,19,20)(H2,15,16,21). The number of rotatable bonds is 6. The Labute approximate surface area is 122 Å². The summed E-state index contributed by atoms with van der Waals surface area (Å²) in [5.41, 5.74) is 1.27. The molecule has 1 aromatic rings. The minimum atomic E-state index is -0.897. The van der Waals surface area contributed by atoms with Crippen molar-refractivity contribution in [1.82, 2.24) is 10.2 Å². The fraction of sp³-hybridized carbons (Fsp3) is 0.357. The first-order valence-electron chi connectivity index (χ1n) is 6.45. The molecule has 7 heteroatoms. The topological polar surface area (TPSA) is 98.7 Å². The molecule has 0 aliphatic rings. The van der Waals surface area contributed by atoms with Crippen LogP contribution in [0.2, 0.25) is 0 Å². The lowest BCUT2D eigenvalue weighted by Crippen LogP contribution is -2.38. The minimum Gasteiger partial charge on any atom is -0.481 e. The van der Waals surface area contributed by atoms with Crippen molar-refractivity contribution in [2.75, 3.05) is 26.0 Å². The Hall–Kier alpha value is -2.57. The molecule has 114 valence electrons. The van der Waals surface area contributed by atoms with Gasteiger partial charge in [-0.2, -0.15) is 0 Å². The highest BCUT2D eigenvalue weighted by atomic mass is 16.4. The molecule has 0 spiro atoms. The van der Waals surface area contributed by atoms with Gasteiger partial charge >= 0.3 is 12.0 Å². The highest BCUT2D eigenvalue weighted by molar-refractivity contribution is 5.92. The van der Waals surface area contributed by atoms with Crippen LogP contribution in [0, 0.1) is 0 Å². The summed E-state index contributed by atoms with van der Waals surface area (Å²) < 4.78 is 0. The molecule has 1 rings (SSSR count). The predicted molar refractivity (Wildman–Crippen MR) is 78.1 cm³/mol. The average molecular weight is 293 g/mol. The molecule has 7 nitrogen and oxygen atoms in total. The Morgan fingerprint density at radius 2 is 1.86 bits per heavy atom. The van der Waals surface area contributed by atoms with Gasteiger partial charge in [0.2, 0.25) is 5.91 Å². The number of likely N-dealkylation sites (N-methyl/N-ethyl adjacent to an activating group) is 1. The van der Waals surface area contributed by atoms with Gasteiger partial charge in [0.15, 0.2) is 0 Å². The summed E-state index contributed by atoms with van der Waals surface area (Å²) >= 11 is 0. The number of carbonyl (C=O) groups is 3. The van der Waals surface area contributed by atoms with E-state index in [1.54, 1.807) is 38.4 Å². The van der Waals surface area contributed by atoms with Crippen LogP contribution in [0.4, 0.5) is 10.5 Å². The van der Waals surface area contributed by atoms with Crippen LogP contribution >= 0.6 is 0 Å². The van der Waals surface area contributed by atoms with E-state index in [-0.39, 0.29) is 18.9 Å². The molecule has 0 aromatic heterocycles. The Balaban J connectivity index is 2.59. The zero-order valence-corrected chi connectivity index (χ0v) is 12.0. The number of urea groups is 1. The van der Waals surface area contributed by atoms with E-state index in [9.17, 15) is 14.4 Å². The first kappa shape index (κ1) is 16.5. The third kappa shape index (κ3) is 5.94. The SMILES string of the molecule is CN(C)C(=O)CNC(=O)Nc1ccccc1CCC(=O)O. The number of hydrogen-bond acceptors (Lipinski definition) is 3. The highest BCUT2D eigenvalue weighted by Gasteiger charge is 2.10. The second-order valence-electron chi connectivity index (χ2n) is 4.65. The second-order valence-corrected chi connectivity index (χ2v) is 4.65. The van der Waals surface area contributed by atoms with E-state index < -0.39 is 12.0 Å². The molecule has 0 bridgehead atoms. The van der Waals surface area contributed by atoms with Gasteiger partial charge in [-0.15, -0.1) is 0 Å². The van der Waals surface area contributed by atoms with Crippen LogP contribution in [-0.2, 0) is 16.0 Å². The summed E-state index contributed by atoms with van der Waals surface area (Å²) in [7, 11) is 3.20. The number of aryl methyl sites for hydroxylation is 1. The summed E-state index contributed by atoms with van der Waals surface area (Å²) in [4.78, 5) is 35.1. The fourth-order valence-electron chi connectivity index (χ4n) is 1.58. The maximum Gasteiger partial charge on any atom is 0.319 e. The number of amides is 3. The molecule has 0 saturated heterocycles. The Morgan fingerprint density at radius 3 is 2.48 bits per heavy atom. The second kappa shape index (κ2) is 7.88. The van der Waals surface area contributed by atoms with E-state index in [1.165, 1.54) is 4.90 Å². The molecule has 0 fully saturated rings. The molecular formula is C14H19N3O4. The molecule has 3 amide bonds. The van der Waals surface area contributed by atoms with Crippen molar-refractivity contribution in [3.05, 3.63) is 29.8 Å². The van der Waals surface area contributed by atoms with Gasteiger partial charge < -0.3 is 20.6 Å². The number of nitrogens with zero attached hydrogens (tertiary/aromatic N) is 1. The largest absolute Gasteiger partial charge is 0.481 e. The van der Waals surface area contributed by atoms with E-state index in [2.05, 4.69) is 10.6 Å². The number of hydrogen-bond donors (Lipinski definition) is 3. The van der Waals surface area contributed by atoms with Gasteiger partial charge in [0, 0.05) is 26.2 Å². The number of anilines is 1. The number of para-hydroxylation sites is 1. The van der Waals surface area contributed by atoms with Crippen LogP contribution in [0.15, 0.2) is 24.3 Å². The summed E-state index contributed by atoms with van der Waals surface area (Å²) in [5.74, 6) is -1.12. The van der Waals surface area contributed by atoms with Gasteiger partial charge in [0.05, 0.1) is 6.54 Å². The van der Waals surface area contributed by atoms with Crippen molar-refractivity contribution in [2.24, 2.45) is 0 Å². The zero-order valence-electron chi connectivity index (χ0n) is 12.0. The fourth-order valence-corrected chi connectivity index (χ4v) is 1.58. The van der Waals surface area contributed by atoms with Gasteiger partial charge in [0.25, 0.3) is 0 Å². The predicted octanol–water partition coefficient (Wildman–Crippen LogP) is 0.913. The van der Waals surface area contributed by atoms with E-state index in [1.807, 2.05) is 0 Å². The first-order chi connectivity index (χ1) is 9.90. The normalized spacial score (nSPS) is 9.81. The molecule has 0 heterocycles. The molecular weight excluding hydrogens is 274 g/mol. The molecule has 0 aliphatic carbocycles. The van der Waals surface area contributed by atoms with Crippen molar-refractivity contribution in [3.63, 3.8) is 0 Å². The van der Waals surface area contributed by atoms with Crippen LogP contribution in [0.25, 0.3) is 0 Å². The maximum atomic E-state index is 11.7. The van der Waals surface area contributed by atoms with Gasteiger partial charge in [-0.3, -0.25) is 9.59 Å². The lowest BCUT2D eigenvalue weighted by molar-refractivity contribution is -0.137. The van der Waals surface area contributed by atoms with Crippen LogP contribution in [-0.4, -0.2) is 48.6 Å². The molecule has 1 aromatic carbocycles. The van der Waals surface area contributed by atoms with Crippen molar-refractivity contribution < 1.29 is 19.5 Å². The summed E-state index contributed by atoms with van der Waals surface area (Å²) in [6, 6.07) is 6.45. The Kier molecular flexibility index (Phi) is 6.19. The number of nitrogens with one attached hydrogen (secondary N) is 2. The van der Waals surface area contributed by atoms with Gasteiger partial charge in [-0.25, -0.2) is 4.79 Å².